The maximum atomic E-state index is 10.9. The Kier molecular flexibility index (Phi) is 3.31. The molecule has 0 aromatic rings. The summed E-state index contributed by atoms with van der Waals surface area (Å²) in [6.07, 6.45) is 1.23. The molecule has 0 aromatic carbocycles. The number of nitrogens with zero attached hydrogens (tertiary/aromatic N) is 1. The van der Waals surface area contributed by atoms with Gasteiger partial charge in [-0.05, 0) is 13.8 Å². The van der Waals surface area contributed by atoms with Crippen LogP contribution in [0.2, 0.25) is 0 Å². The highest BCUT2D eigenvalue weighted by molar-refractivity contribution is 7.88. The molecule has 0 bridgehead atoms. The van der Waals surface area contributed by atoms with E-state index in [1.165, 1.54) is 10.6 Å². The van der Waals surface area contributed by atoms with Crippen LogP contribution in [-0.2, 0) is 10.0 Å². The number of hydrogen-bond donors (Lipinski definition) is 0. The monoisotopic (exact) mass is 165 g/mol. The third-order valence-electron chi connectivity index (χ3n) is 1.31. The summed E-state index contributed by atoms with van der Waals surface area (Å²) in [5.74, 6) is 0. The van der Waals surface area contributed by atoms with Gasteiger partial charge in [0.1, 0.15) is 0 Å². The van der Waals surface area contributed by atoms with Gasteiger partial charge in [-0.25, -0.2) is 8.42 Å². The standard InChI is InChI=1S/C6H15NO2S/c1-5-7(6(2)3)10(4,8)9/h6H,5H2,1-4H3. The Bertz CT molecular complexity index is 184. The predicted molar refractivity (Wildman–Crippen MR) is 42.4 cm³/mol. The first-order valence-corrected chi connectivity index (χ1v) is 5.21. The van der Waals surface area contributed by atoms with Crippen LogP contribution in [0.1, 0.15) is 20.8 Å². The van der Waals surface area contributed by atoms with Crippen LogP contribution in [0.25, 0.3) is 0 Å². The molecular formula is C6H15NO2S. The van der Waals surface area contributed by atoms with E-state index >= 15 is 0 Å². The van der Waals surface area contributed by atoms with Crippen LogP contribution in [0.5, 0.6) is 0 Å². The van der Waals surface area contributed by atoms with Gasteiger partial charge in [-0.15, -0.1) is 0 Å². The van der Waals surface area contributed by atoms with Crippen LogP contribution < -0.4 is 0 Å². The summed E-state index contributed by atoms with van der Waals surface area (Å²) >= 11 is 0. The van der Waals surface area contributed by atoms with Crippen LogP contribution in [0.3, 0.4) is 0 Å². The lowest BCUT2D eigenvalue weighted by Gasteiger charge is -2.21. The first-order valence-electron chi connectivity index (χ1n) is 3.36. The summed E-state index contributed by atoms with van der Waals surface area (Å²) in [6.45, 7) is 6.12. The molecule has 0 rings (SSSR count). The Morgan fingerprint density at radius 3 is 1.80 bits per heavy atom. The van der Waals surface area contributed by atoms with Crippen molar-refractivity contribution >= 4 is 10.0 Å². The molecule has 4 heteroatoms. The lowest BCUT2D eigenvalue weighted by molar-refractivity contribution is 0.372. The smallest absolute Gasteiger partial charge is 0.211 e. The van der Waals surface area contributed by atoms with E-state index < -0.39 is 10.0 Å². The van der Waals surface area contributed by atoms with Crippen LogP contribution in [0, 0.1) is 0 Å². The average Bonchev–Trinajstić information content (AvgIpc) is 1.60. The van der Waals surface area contributed by atoms with Crippen molar-refractivity contribution in [3.63, 3.8) is 0 Å². The highest BCUT2D eigenvalue weighted by atomic mass is 32.2. The van der Waals surface area contributed by atoms with E-state index in [9.17, 15) is 8.42 Å². The Morgan fingerprint density at radius 2 is 1.80 bits per heavy atom. The van der Waals surface area contributed by atoms with Crippen LogP contribution in [0.15, 0.2) is 0 Å². The van der Waals surface area contributed by atoms with E-state index in [1.807, 2.05) is 20.8 Å². The molecule has 10 heavy (non-hydrogen) atoms. The van der Waals surface area contributed by atoms with E-state index in [2.05, 4.69) is 0 Å². The number of hydrogen-bond acceptors (Lipinski definition) is 2. The highest BCUT2D eigenvalue weighted by Gasteiger charge is 2.16. The summed E-state index contributed by atoms with van der Waals surface area (Å²) in [7, 11) is -2.98. The van der Waals surface area contributed by atoms with Crippen molar-refractivity contribution in [2.24, 2.45) is 0 Å². The lowest BCUT2D eigenvalue weighted by Crippen LogP contribution is -2.35. The molecule has 0 aliphatic carbocycles. The van der Waals surface area contributed by atoms with Crippen molar-refractivity contribution in [1.82, 2.24) is 4.31 Å². The van der Waals surface area contributed by atoms with Gasteiger partial charge in [0.15, 0.2) is 0 Å². The maximum Gasteiger partial charge on any atom is 0.211 e. The SMILES string of the molecule is CCN(C(C)C)S(C)(=O)=O. The fraction of sp³-hybridized carbons (Fsp3) is 1.00. The molecule has 0 N–H and O–H groups in total. The Morgan fingerprint density at radius 1 is 1.40 bits per heavy atom. The fourth-order valence-electron chi connectivity index (χ4n) is 0.983. The number of rotatable bonds is 3. The van der Waals surface area contributed by atoms with Crippen molar-refractivity contribution in [3.05, 3.63) is 0 Å². The molecule has 0 saturated heterocycles. The van der Waals surface area contributed by atoms with E-state index in [1.54, 1.807) is 0 Å². The topological polar surface area (TPSA) is 37.4 Å². The van der Waals surface area contributed by atoms with E-state index in [4.69, 9.17) is 0 Å². The normalized spacial score (nSPS) is 13.0. The zero-order valence-corrected chi connectivity index (χ0v) is 7.77. The summed E-state index contributed by atoms with van der Waals surface area (Å²) in [5, 5.41) is 0. The Labute approximate surface area is 63.1 Å². The third-order valence-corrected chi connectivity index (χ3v) is 2.85. The van der Waals surface area contributed by atoms with Crippen molar-refractivity contribution < 1.29 is 8.42 Å². The van der Waals surface area contributed by atoms with Crippen molar-refractivity contribution in [3.8, 4) is 0 Å². The Hall–Kier alpha value is -0.0900. The zero-order valence-electron chi connectivity index (χ0n) is 6.96. The van der Waals surface area contributed by atoms with E-state index in [0.29, 0.717) is 6.54 Å². The van der Waals surface area contributed by atoms with E-state index in [-0.39, 0.29) is 6.04 Å². The van der Waals surface area contributed by atoms with Crippen molar-refractivity contribution in [1.29, 1.82) is 0 Å². The molecule has 62 valence electrons. The molecule has 0 saturated carbocycles. The maximum absolute atomic E-state index is 10.9. The minimum Gasteiger partial charge on any atom is -0.212 e. The molecular weight excluding hydrogens is 150 g/mol. The first-order chi connectivity index (χ1) is 4.39. The van der Waals surface area contributed by atoms with Crippen molar-refractivity contribution in [2.75, 3.05) is 12.8 Å². The largest absolute Gasteiger partial charge is 0.212 e. The van der Waals surface area contributed by atoms with Gasteiger partial charge in [-0.1, -0.05) is 6.92 Å². The second-order valence-electron chi connectivity index (χ2n) is 2.56. The van der Waals surface area contributed by atoms with Crippen LogP contribution >= 0.6 is 0 Å². The van der Waals surface area contributed by atoms with Gasteiger partial charge in [-0.3, -0.25) is 0 Å². The molecule has 0 unspecified atom stereocenters. The van der Waals surface area contributed by atoms with Crippen molar-refractivity contribution in [2.45, 2.75) is 26.8 Å². The molecule has 3 nitrogen and oxygen atoms in total. The molecule has 0 radical (unpaired) electrons. The molecule has 0 fully saturated rings. The third kappa shape index (κ3) is 2.66. The van der Waals surface area contributed by atoms with Crippen LogP contribution in [-0.4, -0.2) is 31.6 Å². The second kappa shape index (κ2) is 3.34. The summed E-state index contributed by atoms with van der Waals surface area (Å²) in [5.41, 5.74) is 0. The van der Waals surface area contributed by atoms with Gasteiger partial charge >= 0.3 is 0 Å². The minimum absolute atomic E-state index is 0.0694. The van der Waals surface area contributed by atoms with Gasteiger partial charge in [0.25, 0.3) is 0 Å². The molecule has 0 spiro atoms. The van der Waals surface area contributed by atoms with Gasteiger partial charge in [0.2, 0.25) is 10.0 Å². The van der Waals surface area contributed by atoms with Gasteiger partial charge in [-0.2, -0.15) is 4.31 Å². The first kappa shape index (κ1) is 9.91. The van der Waals surface area contributed by atoms with Crippen LogP contribution in [0.4, 0.5) is 0 Å². The molecule has 0 amide bonds. The average molecular weight is 165 g/mol. The highest BCUT2D eigenvalue weighted by Crippen LogP contribution is 2.02. The zero-order chi connectivity index (χ0) is 8.36. The summed E-state index contributed by atoms with van der Waals surface area (Å²) < 4.78 is 23.3. The predicted octanol–water partition coefficient (Wildman–Crippen LogP) is 0.676. The fourth-order valence-corrected chi connectivity index (χ4v) is 2.22. The van der Waals surface area contributed by atoms with Gasteiger partial charge < -0.3 is 0 Å². The quantitative estimate of drug-likeness (QED) is 0.616. The van der Waals surface area contributed by atoms with Gasteiger partial charge in [0, 0.05) is 12.6 Å². The number of sulfonamides is 1. The minimum atomic E-state index is -2.98. The second-order valence-corrected chi connectivity index (χ2v) is 4.50. The lowest BCUT2D eigenvalue weighted by atomic mass is 10.4. The summed E-state index contributed by atoms with van der Waals surface area (Å²) in [6, 6.07) is 0.0694. The van der Waals surface area contributed by atoms with Gasteiger partial charge in [0.05, 0.1) is 6.26 Å². The molecule has 0 aliphatic rings. The molecule has 0 heterocycles. The van der Waals surface area contributed by atoms with E-state index in [0.717, 1.165) is 0 Å². The summed E-state index contributed by atoms with van der Waals surface area (Å²) in [4.78, 5) is 0. The Balaban J connectivity index is 4.38. The molecule has 0 aliphatic heterocycles. The molecule has 0 aromatic heterocycles. The molecule has 0 atom stereocenters.